The largest absolute Gasteiger partial charge is 0.485 e. The number of amides is 1. The number of benzene rings is 3. The minimum atomic E-state index is -0.901. The van der Waals surface area contributed by atoms with Crippen molar-refractivity contribution in [3.63, 3.8) is 0 Å². The molecule has 0 bridgehead atoms. The molecule has 1 atom stereocenters. The molecule has 216 valence electrons. The summed E-state index contributed by atoms with van der Waals surface area (Å²) in [6.07, 6.45) is 3.24. The Morgan fingerprint density at radius 2 is 1.83 bits per heavy atom. The van der Waals surface area contributed by atoms with Gasteiger partial charge in [-0.25, -0.2) is 9.78 Å². The highest BCUT2D eigenvalue weighted by atomic mass is 16.6. The summed E-state index contributed by atoms with van der Waals surface area (Å²) < 4.78 is 12.2. The second-order valence-corrected chi connectivity index (χ2v) is 11.6. The summed E-state index contributed by atoms with van der Waals surface area (Å²) in [6.45, 7) is 4.92. The third kappa shape index (κ3) is 5.13. The van der Waals surface area contributed by atoms with Crippen LogP contribution in [0.3, 0.4) is 0 Å². The first kappa shape index (κ1) is 27.6. The van der Waals surface area contributed by atoms with E-state index >= 15 is 0 Å². The van der Waals surface area contributed by atoms with Gasteiger partial charge in [-0.15, -0.1) is 0 Å². The first-order chi connectivity index (χ1) is 20.2. The second-order valence-electron chi connectivity index (χ2n) is 11.6. The normalized spacial score (nSPS) is 17.4. The molecule has 8 heteroatoms. The Balaban J connectivity index is 1.39. The van der Waals surface area contributed by atoms with Crippen LogP contribution in [0.25, 0.3) is 21.9 Å². The number of fused-ring (bicyclic) bond motifs is 3. The van der Waals surface area contributed by atoms with Crippen LogP contribution in [0.15, 0.2) is 72.9 Å². The van der Waals surface area contributed by atoms with Gasteiger partial charge < -0.3 is 25.2 Å². The van der Waals surface area contributed by atoms with Gasteiger partial charge in [-0.3, -0.25) is 4.79 Å². The van der Waals surface area contributed by atoms with Crippen LogP contribution in [0.2, 0.25) is 0 Å². The lowest BCUT2D eigenvalue weighted by Gasteiger charge is -2.40. The number of nitrogens with two attached hydrogens (primary N) is 1. The van der Waals surface area contributed by atoms with Crippen LogP contribution in [-0.4, -0.2) is 46.2 Å². The molecule has 1 unspecified atom stereocenters. The fraction of sp³-hybridized carbons (Fsp3) is 0.324. The summed E-state index contributed by atoms with van der Waals surface area (Å²) in [5, 5.41) is 11.4. The van der Waals surface area contributed by atoms with E-state index in [2.05, 4.69) is 29.2 Å². The number of nitrogens with zero attached hydrogens (tertiary/aromatic N) is 2. The number of nitrogen functional groups attached to an aromatic ring is 1. The van der Waals surface area contributed by atoms with Gasteiger partial charge >= 0.3 is 12.1 Å². The van der Waals surface area contributed by atoms with E-state index in [4.69, 9.17) is 15.2 Å². The van der Waals surface area contributed by atoms with Gasteiger partial charge in [-0.05, 0) is 78.9 Å². The van der Waals surface area contributed by atoms with Crippen molar-refractivity contribution in [1.82, 2.24) is 9.88 Å². The number of para-hydroxylation sites is 1. The maximum atomic E-state index is 12.6. The first-order valence-corrected chi connectivity index (χ1v) is 14.4. The summed E-state index contributed by atoms with van der Waals surface area (Å²) in [4.78, 5) is 30.3. The Kier molecular flexibility index (Phi) is 7.22. The zero-order valence-corrected chi connectivity index (χ0v) is 23.9. The molecule has 3 aromatic carbocycles. The number of carbonyl (C=O) groups excluding carboxylic acids is 1. The Morgan fingerprint density at radius 1 is 1.05 bits per heavy atom. The molecule has 1 fully saturated rings. The molecule has 2 aliphatic rings. The summed E-state index contributed by atoms with van der Waals surface area (Å²) in [7, 11) is 0. The predicted octanol–water partition coefficient (Wildman–Crippen LogP) is 6.51. The lowest BCUT2D eigenvalue weighted by atomic mass is 9.73. The molecule has 1 amide bonds. The smallest absolute Gasteiger partial charge is 0.410 e. The molecule has 8 nitrogen and oxygen atoms in total. The Bertz CT molecular complexity index is 1660. The molecule has 2 heterocycles. The molecule has 1 aliphatic heterocycles. The number of pyridine rings is 1. The summed E-state index contributed by atoms with van der Waals surface area (Å²) >= 11 is 0. The molecule has 1 aromatic heterocycles. The fourth-order valence-electron chi connectivity index (χ4n) is 6.59. The molecular formula is C34H35N3O5. The Hall–Kier alpha value is -4.59. The van der Waals surface area contributed by atoms with Crippen molar-refractivity contribution in [2.24, 2.45) is 0 Å². The summed E-state index contributed by atoms with van der Waals surface area (Å²) in [5.41, 5.74) is 11.1. The third-order valence-corrected chi connectivity index (χ3v) is 8.59. The van der Waals surface area contributed by atoms with Gasteiger partial charge in [-0.1, -0.05) is 48.5 Å². The monoisotopic (exact) mass is 565 g/mol. The Labute approximate surface area is 245 Å². The van der Waals surface area contributed by atoms with E-state index in [0.717, 1.165) is 46.7 Å². The van der Waals surface area contributed by atoms with Crippen molar-refractivity contribution < 1.29 is 24.2 Å². The van der Waals surface area contributed by atoms with E-state index in [0.29, 0.717) is 30.2 Å². The SMILES string of the molecule is CC(C)OC(=O)N1CCC2(CC1)CC(Oc1ccccc1CC(=O)O)c1cc(-c3cccc4c(N)nccc34)ccc12. The number of carbonyl (C=O) groups is 2. The van der Waals surface area contributed by atoms with Crippen LogP contribution in [0.4, 0.5) is 10.6 Å². The average Bonchev–Trinajstić information content (AvgIpc) is 3.25. The van der Waals surface area contributed by atoms with Crippen LogP contribution < -0.4 is 10.5 Å². The third-order valence-electron chi connectivity index (χ3n) is 8.59. The molecule has 3 N–H and O–H groups in total. The van der Waals surface area contributed by atoms with Crippen molar-refractivity contribution >= 4 is 28.7 Å². The van der Waals surface area contributed by atoms with Gasteiger partial charge in [0.05, 0.1) is 12.5 Å². The van der Waals surface area contributed by atoms with Crippen LogP contribution in [-0.2, 0) is 21.4 Å². The number of ether oxygens (including phenoxy) is 2. The van der Waals surface area contributed by atoms with E-state index in [1.54, 1.807) is 17.2 Å². The number of carboxylic acids is 1. The fourth-order valence-corrected chi connectivity index (χ4v) is 6.59. The highest BCUT2D eigenvalue weighted by Gasteiger charge is 2.47. The summed E-state index contributed by atoms with van der Waals surface area (Å²) in [6, 6.07) is 22.0. The van der Waals surface area contributed by atoms with E-state index in [-0.39, 0.29) is 30.1 Å². The average molecular weight is 566 g/mol. The van der Waals surface area contributed by atoms with E-state index in [1.165, 1.54) is 5.56 Å². The van der Waals surface area contributed by atoms with Crippen molar-refractivity contribution in [1.29, 1.82) is 0 Å². The number of hydrogen-bond acceptors (Lipinski definition) is 6. The number of aliphatic carboxylic acids is 1. The molecule has 1 saturated heterocycles. The number of rotatable bonds is 6. The number of carboxylic acid groups (broad SMARTS) is 1. The zero-order valence-electron chi connectivity index (χ0n) is 23.9. The number of likely N-dealkylation sites (tertiary alicyclic amines) is 1. The molecule has 1 spiro atoms. The number of hydrogen-bond donors (Lipinski definition) is 2. The molecule has 0 radical (unpaired) electrons. The van der Waals surface area contributed by atoms with Crippen molar-refractivity contribution in [3.05, 3.63) is 89.6 Å². The minimum Gasteiger partial charge on any atom is -0.485 e. The number of anilines is 1. The number of aromatic nitrogens is 1. The lowest BCUT2D eigenvalue weighted by molar-refractivity contribution is -0.136. The van der Waals surface area contributed by atoms with Gasteiger partial charge in [0, 0.05) is 35.7 Å². The second kappa shape index (κ2) is 11.0. The quantitative estimate of drug-likeness (QED) is 0.274. The topological polar surface area (TPSA) is 115 Å². The van der Waals surface area contributed by atoms with E-state index in [9.17, 15) is 14.7 Å². The predicted molar refractivity (Wildman–Crippen MR) is 161 cm³/mol. The van der Waals surface area contributed by atoms with Gasteiger partial charge in [0.15, 0.2) is 0 Å². The zero-order chi connectivity index (χ0) is 29.4. The standard InChI is InChI=1S/C34H35N3O5/c1-21(2)41-33(40)37-16-13-34(14-17-37)20-30(42-29-9-4-3-6-23(29)19-31(38)39)27-18-22(10-11-28(27)34)24-7-5-8-26-25(24)12-15-36-32(26)35/h3-12,15,18,21,30H,13-14,16-17,19-20H2,1-2H3,(H2,35,36)(H,38,39). The molecule has 0 saturated carbocycles. The van der Waals surface area contributed by atoms with Crippen molar-refractivity contribution in [2.75, 3.05) is 18.8 Å². The molecule has 42 heavy (non-hydrogen) atoms. The molecule has 4 aromatic rings. The molecule has 6 rings (SSSR count). The molecular weight excluding hydrogens is 530 g/mol. The van der Waals surface area contributed by atoms with Crippen LogP contribution in [0, 0.1) is 0 Å². The lowest BCUT2D eigenvalue weighted by Crippen LogP contribution is -2.45. The van der Waals surface area contributed by atoms with Crippen LogP contribution in [0.1, 0.15) is 55.9 Å². The van der Waals surface area contributed by atoms with Gasteiger partial charge in [0.25, 0.3) is 0 Å². The number of piperidine rings is 1. The maximum absolute atomic E-state index is 12.6. The van der Waals surface area contributed by atoms with Crippen molar-refractivity contribution in [3.8, 4) is 16.9 Å². The van der Waals surface area contributed by atoms with Gasteiger partial charge in [0.1, 0.15) is 17.7 Å². The van der Waals surface area contributed by atoms with Crippen molar-refractivity contribution in [2.45, 2.75) is 57.2 Å². The van der Waals surface area contributed by atoms with Gasteiger partial charge in [-0.2, -0.15) is 0 Å². The highest BCUT2D eigenvalue weighted by Crippen LogP contribution is 2.53. The summed E-state index contributed by atoms with van der Waals surface area (Å²) in [5.74, 6) is 0.177. The minimum absolute atomic E-state index is 0.112. The van der Waals surface area contributed by atoms with Crippen LogP contribution in [0.5, 0.6) is 5.75 Å². The van der Waals surface area contributed by atoms with Crippen LogP contribution >= 0.6 is 0 Å². The highest BCUT2D eigenvalue weighted by molar-refractivity contribution is 6.01. The maximum Gasteiger partial charge on any atom is 0.410 e. The molecule has 1 aliphatic carbocycles. The first-order valence-electron chi connectivity index (χ1n) is 14.4. The van der Waals surface area contributed by atoms with Gasteiger partial charge in [0.2, 0.25) is 0 Å². The van der Waals surface area contributed by atoms with E-state index in [1.807, 2.05) is 50.2 Å². The Morgan fingerprint density at radius 3 is 2.60 bits per heavy atom. The van der Waals surface area contributed by atoms with E-state index < -0.39 is 5.97 Å².